The number of pyridine rings is 1. The highest BCUT2D eigenvalue weighted by Crippen LogP contribution is 2.36. The number of aromatic carboxylic acids is 1. The molecule has 5 rings (SSSR count). The number of aromatic nitrogens is 1. The number of fused-ring (bicyclic) bond motifs is 1. The number of rotatable bonds is 5. The van der Waals surface area contributed by atoms with E-state index in [9.17, 15) is 14.7 Å². The highest BCUT2D eigenvalue weighted by Gasteiger charge is 2.25. The highest BCUT2D eigenvalue weighted by atomic mass is 19.1. The Bertz CT molecular complexity index is 1250. The largest absolute Gasteiger partial charge is 0.477 e. The predicted molar refractivity (Wildman–Crippen MR) is 132 cm³/mol. The van der Waals surface area contributed by atoms with E-state index >= 15 is 4.39 Å². The molecule has 0 saturated carbocycles. The average Bonchev–Trinajstić information content (AvgIpc) is 2.85. The minimum atomic E-state index is -1.29. The van der Waals surface area contributed by atoms with Crippen LogP contribution in [0.15, 0.2) is 45.9 Å². The minimum absolute atomic E-state index is 0.113. The van der Waals surface area contributed by atoms with Crippen molar-refractivity contribution >= 4 is 22.6 Å². The molecule has 1 fully saturated rings. The Morgan fingerprint density at radius 3 is 2.59 bits per heavy atom. The van der Waals surface area contributed by atoms with E-state index < -0.39 is 17.2 Å². The first-order valence-corrected chi connectivity index (χ1v) is 12.4. The SMILES string of the molecule is CCn1cc(C(=O)O)c(=O)c2cc(F)c(N3CCN(CC4=CCCC5=C4CCCC5)CC3)cc21. The lowest BCUT2D eigenvalue weighted by Crippen LogP contribution is -2.47. The molecule has 2 heterocycles. The number of anilines is 1. The number of piperazine rings is 1. The van der Waals surface area contributed by atoms with Crippen molar-refractivity contribution in [2.45, 2.75) is 52.0 Å². The van der Waals surface area contributed by atoms with E-state index in [1.54, 1.807) is 21.8 Å². The molecule has 7 heteroatoms. The zero-order valence-electron chi connectivity index (χ0n) is 19.8. The summed E-state index contributed by atoms with van der Waals surface area (Å²) in [5.74, 6) is -1.77. The molecule has 0 bridgehead atoms. The molecule has 1 N–H and O–H groups in total. The van der Waals surface area contributed by atoms with Crippen LogP contribution < -0.4 is 10.3 Å². The second kappa shape index (κ2) is 9.37. The van der Waals surface area contributed by atoms with Gasteiger partial charge in [-0.2, -0.15) is 0 Å². The van der Waals surface area contributed by atoms with Gasteiger partial charge in [-0.15, -0.1) is 0 Å². The summed E-state index contributed by atoms with van der Waals surface area (Å²) in [6, 6.07) is 2.92. The van der Waals surface area contributed by atoms with E-state index in [0.29, 0.717) is 30.8 Å². The van der Waals surface area contributed by atoms with Gasteiger partial charge in [0.2, 0.25) is 5.43 Å². The number of hydrogen-bond acceptors (Lipinski definition) is 4. The number of aryl methyl sites for hydroxylation is 1. The van der Waals surface area contributed by atoms with Crippen molar-refractivity contribution in [3.05, 3.63) is 62.7 Å². The van der Waals surface area contributed by atoms with Gasteiger partial charge in [0.25, 0.3) is 0 Å². The van der Waals surface area contributed by atoms with Gasteiger partial charge < -0.3 is 14.6 Å². The Morgan fingerprint density at radius 2 is 1.85 bits per heavy atom. The van der Waals surface area contributed by atoms with Crippen LogP contribution in [-0.2, 0) is 6.54 Å². The quantitative estimate of drug-likeness (QED) is 0.701. The summed E-state index contributed by atoms with van der Waals surface area (Å²) in [6.07, 6.45) is 11.3. The van der Waals surface area contributed by atoms with Gasteiger partial charge in [0.1, 0.15) is 11.4 Å². The normalized spacial score (nSPS) is 19.4. The first kappa shape index (κ1) is 22.8. The van der Waals surface area contributed by atoms with Crippen molar-refractivity contribution in [3.63, 3.8) is 0 Å². The van der Waals surface area contributed by atoms with Crippen LogP contribution in [0.25, 0.3) is 10.9 Å². The Balaban J connectivity index is 1.35. The van der Waals surface area contributed by atoms with Crippen LogP contribution >= 0.6 is 0 Å². The lowest BCUT2D eigenvalue weighted by molar-refractivity contribution is 0.0695. The molecule has 1 aromatic carbocycles. The van der Waals surface area contributed by atoms with Crippen LogP contribution in [0.3, 0.4) is 0 Å². The smallest absolute Gasteiger partial charge is 0.341 e. The number of carbonyl (C=O) groups is 1. The number of hydrogen-bond donors (Lipinski definition) is 1. The first-order chi connectivity index (χ1) is 16.5. The maximum Gasteiger partial charge on any atom is 0.341 e. The molecule has 2 aromatic rings. The van der Waals surface area contributed by atoms with Crippen LogP contribution in [0.1, 0.15) is 55.8 Å². The van der Waals surface area contributed by atoms with Crippen molar-refractivity contribution in [1.82, 2.24) is 9.47 Å². The Morgan fingerprint density at radius 1 is 1.09 bits per heavy atom. The van der Waals surface area contributed by atoms with Crippen molar-refractivity contribution in [2.24, 2.45) is 0 Å². The summed E-state index contributed by atoms with van der Waals surface area (Å²) in [7, 11) is 0. The summed E-state index contributed by atoms with van der Waals surface area (Å²) in [4.78, 5) is 28.6. The Kier molecular flexibility index (Phi) is 6.30. The zero-order valence-corrected chi connectivity index (χ0v) is 19.8. The van der Waals surface area contributed by atoms with Crippen LogP contribution in [0.2, 0.25) is 0 Å². The molecular formula is C27H32FN3O3. The maximum atomic E-state index is 15.1. The van der Waals surface area contributed by atoms with Crippen LogP contribution in [0.4, 0.5) is 10.1 Å². The third-order valence-electron chi connectivity index (χ3n) is 7.63. The molecule has 6 nitrogen and oxygen atoms in total. The molecule has 1 aromatic heterocycles. The van der Waals surface area contributed by atoms with Crippen molar-refractivity contribution in [3.8, 4) is 0 Å². The lowest BCUT2D eigenvalue weighted by Gasteiger charge is -2.38. The summed E-state index contributed by atoms with van der Waals surface area (Å²) >= 11 is 0. The molecule has 1 saturated heterocycles. The zero-order chi connectivity index (χ0) is 23.8. The number of nitrogens with zero attached hydrogens (tertiary/aromatic N) is 3. The van der Waals surface area contributed by atoms with Crippen molar-refractivity contribution in [2.75, 3.05) is 37.6 Å². The second-order valence-corrected chi connectivity index (χ2v) is 9.60. The average molecular weight is 466 g/mol. The molecule has 0 amide bonds. The number of benzene rings is 1. The Labute approximate surface area is 199 Å². The maximum absolute atomic E-state index is 15.1. The fraction of sp³-hybridized carbons (Fsp3) is 0.481. The van der Waals surface area contributed by atoms with Gasteiger partial charge >= 0.3 is 5.97 Å². The molecule has 0 atom stereocenters. The summed E-state index contributed by atoms with van der Waals surface area (Å²) in [6.45, 7) is 6.48. The fourth-order valence-electron chi connectivity index (χ4n) is 5.78. The summed E-state index contributed by atoms with van der Waals surface area (Å²) in [5, 5.41) is 9.47. The second-order valence-electron chi connectivity index (χ2n) is 9.60. The van der Waals surface area contributed by atoms with E-state index in [2.05, 4.69) is 11.0 Å². The number of carboxylic acids is 1. The number of allylic oxidation sites excluding steroid dienone is 2. The van der Waals surface area contributed by atoms with Crippen LogP contribution in [-0.4, -0.2) is 53.3 Å². The van der Waals surface area contributed by atoms with E-state index in [-0.39, 0.29) is 10.9 Å². The molecule has 34 heavy (non-hydrogen) atoms. The topological polar surface area (TPSA) is 65.8 Å². The van der Waals surface area contributed by atoms with E-state index in [1.165, 1.54) is 49.9 Å². The molecular weight excluding hydrogens is 433 g/mol. The first-order valence-electron chi connectivity index (χ1n) is 12.4. The molecule has 3 aliphatic rings. The van der Waals surface area contributed by atoms with E-state index in [4.69, 9.17) is 0 Å². The monoisotopic (exact) mass is 465 g/mol. The van der Waals surface area contributed by atoms with E-state index in [1.807, 2.05) is 11.8 Å². The molecule has 0 radical (unpaired) electrons. The van der Waals surface area contributed by atoms with Gasteiger partial charge in [-0.1, -0.05) is 11.6 Å². The Hall–Kier alpha value is -2.93. The number of halogens is 1. The summed E-state index contributed by atoms with van der Waals surface area (Å²) < 4.78 is 16.9. The van der Waals surface area contributed by atoms with Crippen LogP contribution in [0.5, 0.6) is 0 Å². The third kappa shape index (κ3) is 4.17. The predicted octanol–water partition coefficient (Wildman–Crippen LogP) is 4.57. The van der Waals surface area contributed by atoms with Crippen molar-refractivity contribution < 1.29 is 14.3 Å². The minimum Gasteiger partial charge on any atom is -0.477 e. The fourth-order valence-corrected chi connectivity index (χ4v) is 5.78. The highest BCUT2D eigenvalue weighted by molar-refractivity contribution is 5.93. The molecule has 0 spiro atoms. The van der Waals surface area contributed by atoms with Gasteiger partial charge in [0.05, 0.1) is 11.2 Å². The molecule has 2 aliphatic carbocycles. The van der Waals surface area contributed by atoms with Crippen LogP contribution in [0, 0.1) is 5.82 Å². The third-order valence-corrected chi connectivity index (χ3v) is 7.63. The van der Waals surface area contributed by atoms with Gasteiger partial charge in [0.15, 0.2) is 0 Å². The molecule has 1 aliphatic heterocycles. The van der Waals surface area contributed by atoms with E-state index in [0.717, 1.165) is 26.1 Å². The number of carboxylic acid groups (broad SMARTS) is 1. The molecule has 180 valence electrons. The molecule has 0 unspecified atom stereocenters. The van der Waals surface area contributed by atoms with Gasteiger partial charge in [-0.3, -0.25) is 9.69 Å². The lowest BCUT2D eigenvalue weighted by atomic mass is 9.81. The van der Waals surface area contributed by atoms with Crippen molar-refractivity contribution in [1.29, 1.82) is 0 Å². The summed E-state index contributed by atoms with van der Waals surface area (Å²) in [5.41, 5.74) is 4.87. The van der Waals surface area contributed by atoms with Gasteiger partial charge in [-0.25, -0.2) is 9.18 Å². The van der Waals surface area contributed by atoms with Gasteiger partial charge in [-0.05, 0) is 68.7 Å². The standard InChI is InChI=1S/C27H32FN3O3/c1-2-30-17-22(27(33)34)26(32)21-14-23(28)25(15-24(21)30)31-12-10-29(11-13-31)16-19-8-5-7-18-6-3-4-9-20(18)19/h8,14-15,17H,2-7,9-13,16H2,1H3,(H,33,34). The van der Waals surface area contributed by atoms with Gasteiger partial charge in [0, 0.05) is 50.9 Å².